The summed E-state index contributed by atoms with van der Waals surface area (Å²) in [4.78, 5) is 25.1. The minimum Gasteiger partial charge on any atom is -0.363 e. The van der Waals surface area contributed by atoms with Crippen molar-refractivity contribution in [1.82, 2.24) is 5.06 Å². The molecule has 1 atom stereocenters. The number of hydroxylamine groups is 2. The van der Waals surface area contributed by atoms with Crippen LogP contribution in [0, 0.1) is 0 Å². The van der Waals surface area contributed by atoms with Crippen molar-refractivity contribution in [3.05, 3.63) is 40.3 Å². The number of hydrogen-bond donors (Lipinski definition) is 1. The number of azide groups is 1. The Balaban J connectivity index is 1.94. The van der Waals surface area contributed by atoms with Crippen LogP contribution in [0.3, 0.4) is 0 Å². The van der Waals surface area contributed by atoms with Crippen LogP contribution < -0.4 is 0 Å². The van der Waals surface area contributed by atoms with Crippen molar-refractivity contribution in [2.24, 2.45) is 5.11 Å². The Morgan fingerprint density at radius 2 is 2.11 bits per heavy atom. The molecule has 1 aliphatic rings. The lowest BCUT2D eigenvalue weighted by Gasteiger charge is -2.09. The summed E-state index contributed by atoms with van der Waals surface area (Å²) >= 11 is 0. The van der Waals surface area contributed by atoms with Crippen LogP contribution in [0.2, 0.25) is 0 Å². The first-order valence-electron chi connectivity index (χ1n) is 5.43. The van der Waals surface area contributed by atoms with E-state index in [2.05, 4.69) is 10.0 Å². The van der Waals surface area contributed by atoms with Crippen molar-refractivity contribution in [2.75, 3.05) is 0 Å². The van der Waals surface area contributed by atoms with Gasteiger partial charge in [0.2, 0.25) is 0 Å². The number of carbonyl (C=O) groups excluding carboxylic acids is 2. The molecule has 8 nitrogen and oxygen atoms in total. The first-order valence-corrected chi connectivity index (χ1v) is 5.43. The molecule has 1 aromatic rings. The normalized spacial score (nSPS) is 18.6. The summed E-state index contributed by atoms with van der Waals surface area (Å²) in [6, 6.07) is 6.58. The summed E-state index contributed by atoms with van der Waals surface area (Å²) in [6.07, 6.45) is -1.11. The van der Waals surface area contributed by atoms with E-state index in [9.17, 15) is 9.59 Å². The molecule has 0 spiro atoms. The number of imide groups is 1. The molecule has 0 aromatic heterocycles. The van der Waals surface area contributed by atoms with Crippen molar-refractivity contribution in [3.63, 3.8) is 0 Å². The molecule has 98 valence electrons. The predicted molar refractivity (Wildman–Crippen MR) is 62.1 cm³/mol. The maximum Gasteiger partial charge on any atom is 0.282 e. The number of ether oxygens (including phenoxy) is 1. The van der Waals surface area contributed by atoms with E-state index in [1.807, 2.05) is 0 Å². The Labute approximate surface area is 107 Å². The first kappa shape index (κ1) is 13.0. The molecule has 0 radical (unpaired) electrons. The van der Waals surface area contributed by atoms with Gasteiger partial charge in [-0.3, -0.25) is 14.8 Å². The average molecular weight is 262 g/mol. The smallest absolute Gasteiger partial charge is 0.282 e. The van der Waals surface area contributed by atoms with E-state index < -0.39 is 17.9 Å². The number of rotatable bonds is 4. The second-order valence-corrected chi connectivity index (χ2v) is 3.90. The maximum atomic E-state index is 11.4. The average Bonchev–Trinajstić information content (AvgIpc) is 2.66. The molecule has 0 saturated carbocycles. The molecule has 1 N–H and O–H groups in total. The molecule has 2 rings (SSSR count). The molecule has 2 amide bonds. The van der Waals surface area contributed by atoms with E-state index in [0.717, 1.165) is 5.56 Å². The van der Waals surface area contributed by atoms with Gasteiger partial charge in [-0.25, -0.2) is 0 Å². The van der Waals surface area contributed by atoms with Gasteiger partial charge in [0, 0.05) is 10.6 Å². The highest BCUT2D eigenvalue weighted by Gasteiger charge is 2.38. The zero-order chi connectivity index (χ0) is 13.8. The van der Waals surface area contributed by atoms with Crippen molar-refractivity contribution < 1.29 is 19.5 Å². The number of hydrogen-bond acceptors (Lipinski definition) is 5. The van der Waals surface area contributed by atoms with Gasteiger partial charge in [-0.1, -0.05) is 29.4 Å². The van der Waals surface area contributed by atoms with E-state index in [-0.39, 0.29) is 18.1 Å². The molecule has 0 bridgehead atoms. The molecule has 1 heterocycles. The van der Waals surface area contributed by atoms with Crippen LogP contribution in [-0.4, -0.2) is 28.2 Å². The topological polar surface area (TPSA) is 116 Å². The Hall–Kier alpha value is -2.41. The lowest BCUT2D eigenvalue weighted by molar-refractivity contribution is -0.174. The monoisotopic (exact) mass is 262 g/mol. The number of nitrogens with zero attached hydrogens (tertiary/aromatic N) is 4. The molecule has 1 saturated heterocycles. The lowest BCUT2D eigenvalue weighted by atomic mass is 10.2. The lowest BCUT2D eigenvalue weighted by Crippen LogP contribution is -2.29. The fourth-order valence-corrected chi connectivity index (χ4v) is 1.63. The number of carbonyl (C=O) groups is 2. The van der Waals surface area contributed by atoms with Gasteiger partial charge < -0.3 is 4.74 Å². The molecule has 1 unspecified atom stereocenters. The van der Waals surface area contributed by atoms with Crippen molar-refractivity contribution >= 4 is 17.5 Å². The third kappa shape index (κ3) is 2.89. The fourth-order valence-electron chi connectivity index (χ4n) is 1.63. The fraction of sp³-hybridized carbons (Fsp3) is 0.273. The summed E-state index contributed by atoms with van der Waals surface area (Å²) < 4.78 is 5.27. The Kier molecular flexibility index (Phi) is 3.76. The van der Waals surface area contributed by atoms with Crippen LogP contribution in [0.4, 0.5) is 5.69 Å². The Morgan fingerprint density at radius 1 is 1.42 bits per heavy atom. The highest BCUT2D eigenvalue weighted by Crippen LogP contribution is 2.18. The predicted octanol–water partition coefficient (Wildman–Crippen LogP) is 1.66. The van der Waals surface area contributed by atoms with Gasteiger partial charge in [0.25, 0.3) is 11.8 Å². The highest BCUT2D eigenvalue weighted by molar-refractivity contribution is 6.03. The number of amides is 2. The molecular weight excluding hydrogens is 252 g/mol. The van der Waals surface area contributed by atoms with Crippen LogP contribution in [0.1, 0.15) is 12.0 Å². The van der Waals surface area contributed by atoms with E-state index in [1.165, 1.54) is 0 Å². The van der Waals surface area contributed by atoms with Gasteiger partial charge >= 0.3 is 0 Å². The second kappa shape index (κ2) is 5.49. The van der Waals surface area contributed by atoms with Crippen molar-refractivity contribution in [1.29, 1.82) is 0 Å². The highest BCUT2D eigenvalue weighted by atomic mass is 16.5. The summed E-state index contributed by atoms with van der Waals surface area (Å²) in [6.45, 7) is 0.119. The van der Waals surface area contributed by atoms with Crippen molar-refractivity contribution in [2.45, 2.75) is 19.1 Å². The van der Waals surface area contributed by atoms with Crippen LogP contribution in [0.5, 0.6) is 0 Å². The Morgan fingerprint density at radius 3 is 2.63 bits per heavy atom. The molecule has 1 aromatic carbocycles. The zero-order valence-corrected chi connectivity index (χ0v) is 9.76. The van der Waals surface area contributed by atoms with E-state index in [1.54, 1.807) is 24.3 Å². The maximum absolute atomic E-state index is 11.4. The van der Waals surface area contributed by atoms with Gasteiger partial charge in [0.15, 0.2) is 0 Å². The van der Waals surface area contributed by atoms with Crippen LogP contribution in [-0.2, 0) is 20.9 Å². The van der Waals surface area contributed by atoms with E-state index >= 15 is 0 Å². The third-order valence-corrected chi connectivity index (χ3v) is 2.63. The standard InChI is InChI=1S/C11H10N4O4/c12-14-13-8-3-1-7(2-4-8)6-19-9-5-10(16)15(18)11(9)17/h1-4,9,18H,5-6H2. The molecule has 8 heteroatoms. The van der Waals surface area contributed by atoms with Gasteiger partial charge in [-0.2, -0.15) is 5.06 Å². The number of benzene rings is 1. The summed E-state index contributed by atoms with van der Waals surface area (Å²) in [5, 5.41) is 12.5. The molecule has 0 aliphatic carbocycles. The van der Waals surface area contributed by atoms with Crippen LogP contribution in [0.25, 0.3) is 10.4 Å². The van der Waals surface area contributed by atoms with Gasteiger partial charge in [-0.05, 0) is 11.1 Å². The summed E-state index contributed by atoms with van der Waals surface area (Å²) in [5.74, 6) is -1.43. The largest absolute Gasteiger partial charge is 0.363 e. The van der Waals surface area contributed by atoms with E-state index in [4.69, 9.17) is 15.5 Å². The van der Waals surface area contributed by atoms with E-state index in [0.29, 0.717) is 5.69 Å². The van der Waals surface area contributed by atoms with Crippen LogP contribution >= 0.6 is 0 Å². The van der Waals surface area contributed by atoms with Gasteiger partial charge in [0.1, 0.15) is 6.10 Å². The van der Waals surface area contributed by atoms with Gasteiger partial charge in [-0.15, -0.1) is 0 Å². The minimum absolute atomic E-state index is 0.0788. The Bertz CT molecular complexity index is 550. The molecule has 1 fully saturated rings. The quantitative estimate of drug-likeness (QED) is 0.292. The second-order valence-electron chi connectivity index (χ2n) is 3.90. The summed E-state index contributed by atoms with van der Waals surface area (Å²) in [5.41, 5.74) is 9.48. The first-order chi connectivity index (χ1) is 9.11. The summed E-state index contributed by atoms with van der Waals surface area (Å²) in [7, 11) is 0. The zero-order valence-electron chi connectivity index (χ0n) is 9.76. The SMILES string of the molecule is [N-]=[N+]=Nc1ccc(COC2CC(=O)N(O)C2=O)cc1. The molecule has 1 aliphatic heterocycles. The van der Waals surface area contributed by atoms with Crippen molar-refractivity contribution in [3.8, 4) is 0 Å². The minimum atomic E-state index is -0.950. The third-order valence-electron chi connectivity index (χ3n) is 2.63. The van der Waals surface area contributed by atoms with Gasteiger partial charge in [0.05, 0.1) is 13.0 Å². The molecular formula is C11H10N4O4. The van der Waals surface area contributed by atoms with Crippen LogP contribution in [0.15, 0.2) is 29.4 Å². The molecule has 19 heavy (non-hydrogen) atoms.